The van der Waals surface area contributed by atoms with Crippen LogP contribution in [0.15, 0.2) is 29.6 Å². The molecule has 0 unspecified atom stereocenters. The van der Waals surface area contributed by atoms with Crippen molar-refractivity contribution < 1.29 is 9.53 Å². The molecule has 0 spiro atoms. The summed E-state index contributed by atoms with van der Waals surface area (Å²) >= 11 is 7.31. The van der Waals surface area contributed by atoms with Crippen molar-refractivity contribution in [3.8, 4) is 10.6 Å². The van der Waals surface area contributed by atoms with Crippen LogP contribution in [0.1, 0.15) is 16.3 Å². The maximum absolute atomic E-state index is 12.2. The fourth-order valence-corrected chi connectivity index (χ4v) is 2.99. The second kappa shape index (κ2) is 7.63. The summed E-state index contributed by atoms with van der Waals surface area (Å²) in [5.74, 6) is 0.145. The first-order chi connectivity index (χ1) is 12.4. The van der Waals surface area contributed by atoms with Crippen molar-refractivity contribution in [3.05, 3.63) is 46.2 Å². The Kier molecular flexibility index (Phi) is 5.29. The summed E-state index contributed by atoms with van der Waals surface area (Å²) < 4.78 is 5.23. The molecule has 3 aromatic rings. The largest absolute Gasteiger partial charge is 0.453 e. The lowest BCUT2D eigenvalue weighted by molar-refractivity contribution is 0.0456. The average molecular weight is 391 g/mol. The van der Waals surface area contributed by atoms with Crippen molar-refractivity contribution in [1.82, 2.24) is 19.9 Å². The van der Waals surface area contributed by atoms with Gasteiger partial charge in [-0.05, 0) is 12.1 Å². The number of esters is 1. The first-order valence-electron chi connectivity index (χ1n) is 7.48. The summed E-state index contributed by atoms with van der Waals surface area (Å²) in [6.07, 6.45) is 0. The maximum atomic E-state index is 12.2. The van der Waals surface area contributed by atoms with Crippen LogP contribution in [0, 0.1) is 0 Å². The number of nitrogens with two attached hydrogens (primary N) is 1. The quantitative estimate of drug-likeness (QED) is 0.662. The molecule has 2 heterocycles. The van der Waals surface area contributed by atoms with Crippen LogP contribution in [0.4, 0.5) is 11.9 Å². The maximum Gasteiger partial charge on any atom is 0.358 e. The Morgan fingerprint density at radius 1 is 1.27 bits per heavy atom. The molecule has 26 heavy (non-hydrogen) atoms. The predicted octanol–water partition coefficient (Wildman–Crippen LogP) is 2.65. The van der Waals surface area contributed by atoms with Crippen LogP contribution in [-0.4, -0.2) is 40.0 Å². The number of halogens is 1. The third-order valence-electron chi connectivity index (χ3n) is 3.20. The van der Waals surface area contributed by atoms with Gasteiger partial charge in [-0.25, -0.2) is 9.78 Å². The third-order valence-corrected chi connectivity index (χ3v) is 4.33. The first-order valence-corrected chi connectivity index (χ1v) is 8.74. The van der Waals surface area contributed by atoms with E-state index in [4.69, 9.17) is 22.1 Å². The minimum absolute atomic E-state index is 0.0617. The van der Waals surface area contributed by atoms with Gasteiger partial charge in [0.05, 0.1) is 0 Å². The summed E-state index contributed by atoms with van der Waals surface area (Å²) in [6, 6.07) is 7.25. The van der Waals surface area contributed by atoms with Crippen LogP contribution in [0.2, 0.25) is 5.02 Å². The number of aromatic nitrogens is 4. The monoisotopic (exact) mass is 390 g/mol. The van der Waals surface area contributed by atoms with Crippen LogP contribution in [0.25, 0.3) is 10.6 Å². The SMILES string of the molecule is CN(C)c1nc(N)nc(COC(=O)c2csc(-c3cccc(Cl)c3)n2)n1. The van der Waals surface area contributed by atoms with Gasteiger partial charge < -0.3 is 15.4 Å². The van der Waals surface area contributed by atoms with Crippen LogP contribution >= 0.6 is 22.9 Å². The summed E-state index contributed by atoms with van der Waals surface area (Å²) in [5, 5.41) is 2.91. The molecule has 3 rings (SSSR count). The molecule has 134 valence electrons. The molecule has 1 aromatic carbocycles. The molecule has 0 aliphatic carbocycles. The molecule has 0 atom stereocenters. The number of nitrogen functional groups attached to an aromatic ring is 1. The predicted molar refractivity (Wildman–Crippen MR) is 100 cm³/mol. The van der Waals surface area contributed by atoms with Crippen molar-refractivity contribution in [2.24, 2.45) is 0 Å². The third kappa shape index (κ3) is 4.24. The number of anilines is 2. The Balaban J connectivity index is 1.70. The minimum Gasteiger partial charge on any atom is -0.453 e. The Morgan fingerprint density at radius 2 is 2.08 bits per heavy atom. The van der Waals surface area contributed by atoms with Crippen LogP contribution in [-0.2, 0) is 11.3 Å². The molecule has 0 bridgehead atoms. The minimum atomic E-state index is -0.570. The molecule has 10 heteroatoms. The summed E-state index contributed by atoms with van der Waals surface area (Å²) in [4.78, 5) is 30.3. The Bertz CT molecular complexity index is 946. The average Bonchev–Trinajstić information content (AvgIpc) is 3.09. The van der Waals surface area contributed by atoms with Crippen molar-refractivity contribution in [2.75, 3.05) is 24.7 Å². The van der Waals surface area contributed by atoms with Gasteiger partial charge in [0.2, 0.25) is 11.9 Å². The zero-order valence-electron chi connectivity index (χ0n) is 14.0. The molecule has 0 fully saturated rings. The van der Waals surface area contributed by atoms with Crippen LogP contribution in [0.5, 0.6) is 0 Å². The number of thiazole rings is 1. The van der Waals surface area contributed by atoms with Gasteiger partial charge in [0, 0.05) is 30.1 Å². The molecule has 2 N–H and O–H groups in total. The van der Waals surface area contributed by atoms with Gasteiger partial charge in [0.15, 0.2) is 18.1 Å². The number of hydrogen-bond acceptors (Lipinski definition) is 9. The van der Waals surface area contributed by atoms with E-state index < -0.39 is 5.97 Å². The lowest BCUT2D eigenvalue weighted by Crippen LogP contribution is -2.17. The standard InChI is InChI=1S/C16H15ClN6O2S/c1-23(2)16-21-12(20-15(18)22-16)7-25-14(24)11-8-26-13(19-11)9-4-3-5-10(17)6-9/h3-6,8H,7H2,1-2H3,(H2,18,20,21,22). The molecule has 0 aliphatic heterocycles. The molecule has 8 nitrogen and oxygen atoms in total. The van der Waals surface area contributed by atoms with Gasteiger partial charge in [-0.15, -0.1) is 11.3 Å². The number of carbonyl (C=O) groups excluding carboxylic acids is 1. The van der Waals surface area contributed by atoms with Crippen molar-refractivity contribution in [2.45, 2.75) is 6.61 Å². The van der Waals surface area contributed by atoms with E-state index in [9.17, 15) is 4.79 Å². The summed E-state index contributed by atoms with van der Waals surface area (Å²) in [6.45, 7) is -0.129. The lowest BCUT2D eigenvalue weighted by Gasteiger charge is -2.11. The van der Waals surface area contributed by atoms with E-state index in [1.165, 1.54) is 11.3 Å². The number of benzene rings is 1. The normalized spacial score (nSPS) is 10.6. The van der Waals surface area contributed by atoms with Crippen LogP contribution in [0.3, 0.4) is 0 Å². The highest BCUT2D eigenvalue weighted by Gasteiger charge is 2.15. The molecule has 0 radical (unpaired) electrons. The Morgan fingerprint density at radius 3 is 2.81 bits per heavy atom. The van der Waals surface area contributed by atoms with E-state index in [0.717, 1.165) is 5.56 Å². The molecule has 0 saturated heterocycles. The van der Waals surface area contributed by atoms with Gasteiger partial charge in [-0.2, -0.15) is 15.0 Å². The second-order valence-corrected chi connectivity index (χ2v) is 6.72. The van der Waals surface area contributed by atoms with E-state index in [1.54, 1.807) is 36.5 Å². The number of rotatable bonds is 5. The highest BCUT2D eigenvalue weighted by molar-refractivity contribution is 7.13. The van der Waals surface area contributed by atoms with Gasteiger partial charge >= 0.3 is 5.97 Å². The molecule has 0 saturated carbocycles. The second-order valence-electron chi connectivity index (χ2n) is 5.43. The van der Waals surface area contributed by atoms with Crippen molar-refractivity contribution in [3.63, 3.8) is 0 Å². The topological polar surface area (TPSA) is 107 Å². The van der Waals surface area contributed by atoms with Gasteiger partial charge in [0.25, 0.3) is 0 Å². The molecule has 0 aliphatic rings. The zero-order chi connectivity index (χ0) is 18.7. The van der Waals surface area contributed by atoms with E-state index >= 15 is 0 Å². The van der Waals surface area contributed by atoms with Crippen molar-refractivity contribution >= 4 is 40.8 Å². The Hall–Kier alpha value is -2.78. The molecular formula is C16H15ClN6O2S. The lowest BCUT2D eigenvalue weighted by atomic mass is 10.2. The van der Waals surface area contributed by atoms with Gasteiger partial charge in [0.1, 0.15) is 5.01 Å². The summed E-state index contributed by atoms with van der Waals surface area (Å²) in [5.41, 5.74) is 6.69. The van der Waals surface area contributed by atoms with E-state index in [1.807, 2.05) is 12.1 Å². The highest BCUT2D eigenvalue weighted by atomic mass is 35.5. The smallest absolute Gasteiger partial charge is 0.358 e. The van der Waals surface area contributed by atoms with E-state index in [2.05, 4.69) is 19.9 Å². The van der Waals surface area contributed by atoms with Crippen LogP contribution < -0.4 is 10.6 Å². The zero-order valence-corrected chi connectivity index (χ0v) is 15.6. The fraction of sp³-hybridized carbons (Fsp3) is 0.188. The first kappa shape index (κ1) is 18.0. The number of nitrogens with zero attached hydrogens (tertiary/aromatic N) is 5. The van der Waals surface area contributed by atoms with E-state index in [-0.39, 0.29) is 24.1 Å². The van der Waals surface area contributed by atoms with Gasteiger partial charge in [-0.1, -0.05) is 23.7 Å². The molecule has 0 amide bonds. The summed E-state index contributed by atoms with van der Waals surface area (Å²) in [7, 11) is 3.55. The number of ether oxygens (including phenoxy) is 1. The number of hydrogen-bond donors (Lipinski definition) is 1. The Labute approximate surface area is 158 Å². The number of carbonyl (C=O) groups is 1. The fourth-order valence-electron chi connectivity index (χ4n) is 2.02. The highest BCUT2D eigenvalue weighted by Crippen LogP contribution is 2.26. The van der Waals surface area contributed by atoms with Gasteiger partial charge in [-0.3, -0.25) is 0 Å². The molecular weight excluding hydrogens is 376 g/mol. The van der Waals surface area contributed by atoms with Crippen molar-refractivity contribution in [1.29, 1.82) is 0 Å². The van der Waals surface area contributed by atoms with E-state index in [0.29, 0.717) is 16.0 Å². The molecule has 2 aromatic heterocycles.